The summed E-state index contributed by atoms with van der Waals surface area (Å²) in [6.07, 6.45) is -3.43. The fraction of sp³-hybridized carbons (Fsp3) is 0.600. The zero-order chi connectivity index (χ0) is 15.9. The minimum atomic E-state index is -4.31. The summed E-state index contributed by atoms with van der Waals surface area (Å²) >= 11 is 0. The number of rotatable bonds is 8. The van der Waals surface area contributed by atoms with Gasteiger partial charge in [-0.1, -0.05) is 24.3 Å². The van der Waals surface area contributed by atoms with E-state index in [2.05, 4.69) is 4.74 Å². The highest BCUT2D eigenvalue weighted by Crippen LogP contribution is 2.30. The van der Waals surface area contributed by atoms with Crippen LogP contribution in [0.3, 0.4) is 0 Å². The Balaban J connectivity index is 2.64. The average molecular weight is 305 g/mol. The van der Waals surface area contributed by atoms with Crippen molar-refractivity contribution in [3.05, 3.63) is 35.4 Å². The van der Waals surface area contributed by atoms with Gasteiger partial charge in [0.05, 0.1) is 6.61 Å². The molecule has 1 unspecified atom stereocenters. The molecule has 0 saturated heterocycles. The van der Waals surface area contributed by atoms with Gasteiger partial charge in [0.2, 0.25) is 0 Å². The zero-order valence-electron chi connectivity index (χ0n) is 12.1. The van der Waals surface area contributed by atoms with Gasteiger partial charge in [-0.3, -0.25) is 0 Å². The Morgan fingerprint density at radius 2 is 1.90 bits per heavy atom. The Hall–Kier alpha value is -1.11. The van der Waals surface area contributed by atoms with E-state index in [1.54, 1.807) is 0 Å². The van der Waals surface area contributed by atoms with Gasteiger partial charge in [-0.25, -0.2) is 0 Å². The standard InChI is InChI=1S/C15H22F3NO2/c1-12-5-2-3-6-13(12)14(9-19,10-20)7-4-8-21-11-15(16,17)18/h2-3,5-6,20H,4,7-11,19H2,1H3. The Kier molecular flexibility index (Phi) is 6.64. The number of aryl methyl sites for hydroxylation is 1. The summed E-state index contributed by atoms with van der Waals surface area (Å²) in [6, 6.07) is 7.58. The van der Waals surface area contributed by atoms with Crippen molar-refractivity contribution in [2.24, 2.45) is 5.73 Å². The first kappa shape index (κ1) is 17.9. The second-order valence-electron chi connectivity index (χ2n) is 5.23. The van der Waals surface area contributed by atoms with E-state index in [0.717, 1.165) is 11.1 Å². The van der Waals surface area contributed by atoms with Gasteiger partial charge in [0.15, 0.2) is 0 Å². The van der Waals surface area contributed by atoms with Gasteiger partial charge in [0, 0.05) is 18.6 Å². The minimum absolute atomic E-state index is 0.00680. The van der Waals surface area contributed by atoms with Crippen LogP contribution in [0.4, 0.5) is 13.2 Å². The normalized spacial score (nSPS) is 15.0. The molecule has 3 N–H and O–H groups in total. The quantitative estimate of drug-likeness (QED) is 0.726. The van der Waals surface area contributed by atoms with Crippen LogP contribution < -0.4 is 5.73 Å². The van der Waals surface area contributed by atoms with Gasteiger partial charge in [-0.15, -0.1) is 0 Å². The van der Waals surface area contributed by atoms with E-state index in [1.807, 2.05) is 31.2 Å². The van der Waals surface area contributed by atoms with Crippen molar-refractivity contribution < 1.29 is 23.0 Å². The van der Waals surface area contributed by atoms with E-state index in [9.17, 15) is 18.3 Å². The average Bonchev–Trinajstić information content (AvgIpc) is 2.43. The maximum Gasteiger partial charge on any atom is 0.411 e. The number of aliphatic hydroxyl groups is 1. The van der Waals surface area contributed by atoms with E-state index in [1.165, 1.54) is 0 Å². The molecule has 1 aromatic carbocycles. The lowest BCUT2D eigenvalue weighted by Crippen LogP contribution is -2.39. The molecule has 21 heavy (non-hydrogen) atoms. The predicted molar refractivity (Wildman–Crippen MR) is 75.1 cm³/mol. The molecular formula is C15H22F3NO2. The fourth-order valence-corrected chi connectivity index (χ4v) is 2.44. The fourth-order valence-electron chi connectivity index (χ4n) is 2.44. The molecule has 0 radical (unpaired) electrons. The first-order valence-corrected chi connectivity index (χ1v) is 6.86. The molecule has 0 fully saturated rings. The van der Waals surface area contributed by atoms with E-state index in [-0.39, 0.29) is 19.8 Å². The van der Waals surface area contributed by atoms with Gasteiger partial charge in [0.1, 0.15) is 6.61 Å². The number of halogens is 3. The molecule has 0 aromatic heterocycles. The number of nitrogens with two attached hydrogens (primary N) is 1. The Morgan fingerprint density at radius 1 is 1.24 bits per heavy atom. The molecule has 0 saturated carbocycles. The number of aliphatic hydroxyl groups excluding tert-OH is 1. The van der Waals surface area contributed by atoms with Crippen LogP contribution in [0, 0.1) is 6.92 Å². The van der Waals surface area contributed by atoms with Crippen LogP contribution >= 0.6 is 0 Å². The maximum absolute atomic E-state index is 12.0. The molecule has 0 aliphatic heterocycles. The van der Waals surface area contributed by atoms with Crippen LogP contribution in [-0.2, 0) is 10.2 Å². The summed E-state index contributed by atoms with van der Waals surface area (Å²) < 4.78 is 40.5. The van der Waals surface area contributed by atoms with Crippen molar-refractivity contribution in [3.63, 3.8) is 0 Å². The van der Waals surface area contributed by atoms with Crippen LogP contribution in [0.15, 0.2) is 24.3 Å². The molecular weight excluding hydrogens is 283 g/mol. The van der Waals surface area contributed by atoms with Gasteiger partial charge < -0.3 is 15.6 Å². The number of hydrogen-bond acceptors (Lipinski definition) is 3. The second-order valence-corrected chi connectivity index (χ2v) is 5.23. The van der Waals surface area contributed by atoms with E-state index >= 15 is 0 Å². The molecule has 1 rings (SSSR count). The highest BCUT2D eigenvalue weighted by Gasteiger charge is 2.31. The van der Waals surface area contributed by atoms with Crippen molar-refractivity contribution in [1.82, 2.24) is 0 Å². The third kappa shape index (κ3) is 5.30. The third-order valence-corrected chi connectivity index (χ3v) is 3.62. The minimum Gasteiger partial charge on any atom is -0.395 e. The number of hydrogen-bond donors (Lipinski definition) is 2. The summed E-state index contributed by atoms with van der Waals surface area (Å²) in [5.74, 6) is 0. The molecule has 0 bridgehead atoms. The summed E-state index contributed by atoms with van der Waals surface area (Å²) in [7, 11) is 0. The number of ether oxygens (including phenoxy) is 1. The van der Waals surface area contributed by atoms with Crippen molar-refractivity contribution >= 4 is 0 Å². The first-order valence-electron chi connectivity index (χ1n) is 6.86. The molecule has 0 spiro atoms. The smallest absolute Gasteiger partial charge is 0.395 e. The van der Waals surface area contributed by atoms with Crippen molar-refractivity contribution in [3.8, 4) is 0 Å². The molecule has 120 valence electrons. The lowest BCUT2D eigenvalue weighted by molar-refractivity contribution is -0.174. The lowest BCUT2D eigenvalue weighted by Gasteiger charge is -2.32. The van der Waals surface area contributed by atoms with E-state index < -0.39 is 18.2 Å². The highest BCUT2D eigenvalue weighted by atomic mass is 19.4. The molecule has 1 aromatic rings. The van der Waals surface area contributed by atoms with Crippen LogP contribution in [0.1, 0.15) is 24.0 Å². The second kappa shape index (κ2) is 7.77. The van der Waals surface area contributed by atoms with Crippen LogP contribution in [0.5, 0.6) is 0 Å². The molecule has 0 heterocycles. The molecule has 0 aliphatic carbocycles. The Morgan fingerprint density at radius 3 is 2.43 bits per heavy atom. The van der Waals surface area contributed by atoms with Crippen molar-refractivity contribution in [1.29, 1.82) is 0 Å². The van der Waals surface area contributed by atoms with Crippen LogP contribution in [0.25, 0.3) is 0 Å². The Bertz CT molecular complexity index is 431. The topological polar surface area (TPSA) is 55.5 Å². The SMILES string of the molecule is Cc1ccccc1C(CN)(CO)CCCOCC(F)(F)F. The summed E-state index contributed by atoms with van der Waals surface area (Å²) in [4.78, 5) is 0. The molecule has 1 atom stereocenters. The zero-order valence-corrected chi connectivity index (χ0v) is 12.1. The van der Waals surface area contributed by atoms with Crippen molar-refractivity contribution in [2.45, 2.75) is 31.4 Å². The predicted octanol–water partition coefficient (Wildman–Crippen LogP) is 2.54. The molecule has 0 amide bonds. The largest absolute Gasteiger partial charge is 0.411 e. The summed E-state index contributed by atoms with van der Waals surface area (Å²) in [6.45, 7) is 0.760. The lowest BCUT2D eigenvalue weighted by atomic mass is 9.75. The molecule has 3 nitrogen and oxygen atoms in total. The molecule has 6 heteroatoms. The van der Waals surface area contributed by atoms with Gasteiger partial charge in [0.25, 0.3) is 0 Å². The summed E-state index contributed by atoms with van der Waals surface area (Å²) in [5, 5.41) is 9.74. The van der Waals surface area contributed by atoms with Gasteiger partial charge in [-0.05, 0) is 30.9 Å². The Labute approximate surface area is 122 Å². The first-order chi connectivity index (χ1) is 9.84. The summed E-state index contributed by atoms with van der Waals surface area (Å²) in [5.41, 5.74) is 7.13. The van der Waals surface area contributed by atoms with Gasteiger partial charge in [-0.2, -0.15) is 13.2 Å². The van der Waals surface area contributed by atoms with Crippen molar-refractivity contribution in [2.75, 3.05) is 26.4 Å². The third-order valence-electron chi connectivity index (χ3n) is 3.62. The maximum atomic E-state index is 12.0. The van der Waals surface area contributed by atoms with E-state index in [4.69, 9.17) is 5.73 Å². The molecule has 0 aliphatic rings. The van der Waals surface area contributed by atoms with Gasteiger partial charge >= 0.3 is 6.18 Å². The van der Waals surface area contributed by atoms with Crippen LogP contribution in [-0.4, -0.2) is 37.6 Å². The van der Waals surface area contributed by atoms with E-state index in [0.29, 0.717) is 12.8 Å². The number of benzene rings is 1. The highest BCUT2D eigenvalue weighted by molar-refractivity contribution is 5.34. The van der Waals surface area contributed by atoms with Crippen LogP contribution in [0.2, 0.25) is 0 Å². The monoisotopic (exact) mass is 305 g/mol. The number of alkyl halides is 3.